The van der Waals surface area contributed by atoms with Gasteiger partial charge in [-0.25, -0.2) is 0 Å². The van der Waals surface area contributed by atoms with Crippen LogP contribution in [-0.2, 0) is 11.3 Å². The summed E-state index contributed by atoms with van der Waals surface area (Å²) in [4.78, 5) is 17.4. The zero-order valence-electron chi connectivity index (χ0n) is 13.9. The summed E-state index contributed by atoms with van der Waals surface area (Å²) in [6.45, 7) is 3.35. The van der Waals surface area contributed by atoms with Crippen LogP contribution in [-0.4, -0.2) is 51.2 Å². The minimum absolute atomic E-state index is 0.288. The van der Waals surface area contributed by atoms with Gasteiger partial charge in [0.25, 0.3) is 0 Å². The molecular weight excluding hydrogens is 320 g/mol. The van der Waals surface area contributed by atoms with Crippen LogP contribution in [0.25, 0.3) is 0 Å². The van der Waals surface area contributed by atoms with E-state index in [2.05, 4.69) is 31.7 Å². The second-order valence-corrected chi connectivity index (χ2v) is 7.58. The highest BCUT2D eigenvalue weighted by atomic mass is 32.1. The second-order valence-electron chi connectivity index (χ2n) is 6.80. The van der Waals surface area contributed by atoms with Crippen molar-refractivity contribution >= 4 is 17.2 Å². The molecule has 4 rings (SSSR count). The van der Waals surface area contributed by atoms with Gasteiger partial charge in [0.15, 0.2) is 0 Å². The summed E-state index contributed by atoms with van der Waals surface area (Å²) in [5, 5.41) is 8.61. The van der Waals surface area contributed by atoms with Crippen LogP contribution in [0, 0.1) is 0 Å². The lowest BCUT2D eigenvalue weighted by atomic mass is 10.1. The summed E-state index contributed by atoms with van der Waals surface area (Å²) in [6.07, 6.45) is 8.36. The normalized spacial score (nSPS) is 24.8. The van der Waals surface area contributed by atoms with Crippen LogP contribution in [0.2, 0.25) is 0 Å². The third kappa shape index (κ3) is 3.26. The number of hydrogen-bond donors (Lipinski definition) is 0. The molecule has 1 amide bonds. The topological polar surface area (TPSA) is 41.4 Å². The molecule has 2 aromatic heterocycles. The Morgan fingerprint density at radius 3 is 3.00 bits per heavy atom. The van der Waals surface area contributed by atoms with Gasteiger partial charge in [0.05, 0.1) is 19.1 Å². The Morgan fingerprint density at radius 2 is 2.21 bits per heavy atom. The van der Waals surface area contributed by atoms with E-state index >= 15 is 0 Å². The van der Waals surface area contributed by atoms with E-state index in [0.29, 0.717) is 12.6 Å². The molecule has 0 N–H and O–H groups in total. The molecule has 2 fully saturated rings. The predicted octanol–water partition coefficient (Wildman–Crippen LogP) is 2.77. The highest BCUT2D eigenvalue weighted by molar-refractivity contribution is 7.07. The minimum atomic E-state index is 0.288. The first-order chi connectivity index (χ1) is 11.8. The molecule has 0 bridgehead atoms. The zero-order valence-corrected chi connectivity index (χ0v) is 14.7. The summed E-state index contributed by atoms with van der Waals surface area (Å²) < 4.78 is 1.98. The van der Waals surface area contributed by atoms with Crippen molar-refractivity contribution in [2.24, 2.45) is 0 Å². The van der Waals surface area contributed by atoms with Crippen molar-refractivity contribution in [3.8, 4) is 0 Å². The standard InChI is InChI=1S/C18H24N4OS/c23-18(22-10-2-5-17(22)15-6-11-24-14-15)13-20-8-1-4-16(20)12-21-9-3-7-19-21/h3,6-7,9,11,14,16-17H,1-2,4-5,8,10,12-13H2. The maximum atomic E-state index is 12.9. The Labute approximate surface area is 146 Å². The molecule has 2 unspecified atom stereocenters. The number of hydrogen-bond acceptors (Lipinski definition) is 4. The monoisotopic (exact) mass is 344 g/mol. The summed E-state index contributed by atoms with van der Waals surface area (Å²) in [5.41, 5.74) is 1.31. The molecule has 2 saturated heterocycles. The number of likely N-dealkylation sites (tertiary alicyclic amines) is 2. The van der Waals surface area contributed by atoms with Crippen LogP contribution in [0.15, 0.2) is 35.3 Å². The van der Waals surface area contributed by atoms with Crippen LogP contribution in [0.5, 0.6) is 0 Å². The molecule has 2 aliphatic rings. The van der Waals surface area contributed by atoms with E-state index < -0.39 is 0 Å². The molecule has 2 atom stereocenters. The summed E-state index contributed by atoms with van der Waals surface area (Å²) in [5.74, 6) is 0.288. The Kier molecular flexibility index (Phi) is 4.67. The number of carbonyl (C=O) groups excluding carboxylic acids is 1. The number of aromatic nitrogens is 2. The van der Waals surface area contributed by atoms with Crippen molar-refractivity contribution in [1.29, 1.82) is 0 Å². The Bertz CT molecular complexity index is 655. The molecule has 2 aliphatic heterocycles. The van der Waals surface area contributed by atoms with Crippen molar-refractivity contribution in [2.75, 3.05) is 19.6 Å². The van der Waals surface area contributed by atoms with Gasteiger partial charge < -0.3 is 4.90 Å². The van der Waals surface area contributed by atoms with Gasteiger partial charge in [-0.2, -0.15) is 16.4 Å². The molecule has 6 heteroatoms. The minimum Gasteiger partial charge on any atom is -0.335 e. The lowest BCUT2D eigenvalue weighted by Crippen LogP contribution is -2.43. The summed E-state index contributed by atoms with van der Waals surface area (Å²) in [7, 11) is 0. The SMILES string of the molecule is O=C(CN1CCCC1Cn1cccn1)N1CCCC1c1ccsc1. The molecule has 0 aliphatic carbocycles. The van der Waals surface area contributed by atoms with E-state index in [1.165, 1.54) is 12.0 Å². The van der Waals surface area contributed by atoms with E-state index in [1.54, 1.807) is 11.3 Å². The highest BCUT2D eigenvalue weighted by Gasteiger charge is 2.33. The fraction of sp³-hybridized carbons (Fsp3) is 0.556. The lowest BCUT2D eigenvalue weighted by Gasteiger charge is -2.29. The van der Waals surface area contributed by atoms with Gasteiger partial charge in [0, 0.05) is 25.0 Å². The molecule has 128 valence electrons. The molecule has 0 aromatic carbocycles. The number of nitrogens with zero attached hydrogens (tertiary/aromatic N) is 4. The molecular formula is C18H24N4OS. The van der Waals surface area contributed by atoms with Crippen molar-refractivity contribution < 1.29 is 4.79 Å². The smallest absolute Gasteiger partial charge is 0.237 e. The number of amides is 1. The molecule has 0 saturated carbocycles. The Balaban J connectivity index is 1.39. The average molecular weight is 344 g/mol. The summed E-state index contributed by atoms with van der Waals surface area (Å²) in [6, 6.07) is 4.84. The van der Waals surface area contributed by atoms with Crippen molar-refractivity contribution in [1.82, 2.24) is 19.6 Å². The van der Waals surface area contributed by atoms with Gasteiger partial charge in [-0.3, -0.25) is 14.4 Å². The maximum Gasteiger partial charge on any atom is 0.237 e. The van der Waals surface area contributed by atoms with Gasteiger partial charge in [0.2, 0.25) is 5.91 Å². The predicted molar refractivity (Wildman–Crippen MR) is 94.8 cm³/mol. The van der Waals surface area contributed by atoms with E-state index in [9.17, 15) is 4.79 Å². The number of rotatable bonds is 5. The Morgan fingerprint density at radius 1 is 1.29 bits per heavy atom. The van der Waals surface area contributed by atoms with Gasteiger partial charge in [-0.05, 0) is 60.7 Å². The first-order valence-electron chi connectivity index (χ1n) is 8.84. The van der Waals surface area contributed by atoms with Crippen LogP contribution < -0.4 is 0 Å². The van der Waals surface area contributed by atoms with Crippen molar-refractivity contribution in [2.45, 2.75) is 44.3 Å². The average Bonchev–Trinajstić information content (AvgIpc) is 3.37. The molecule has 24 heavy (non-hydrogen) atoms. The molecule has 4 heterocycles. The molecule has 0 spiro atoms. The molecule has 0 radical (unpaired) electrons. The van der Waals surface area contributed by atoms with E-state index in [1.807, 2.05) is 23.1 Å². The molecule has 2 aromatic rings. The maximum absolute atomic E-state index is 12.9. The first-order valence-corrected chi connectivity index (χ1v) is 9.78. The third-order valence-electron chi connectivity index (χ3n) is 5.30. The molecule has 5 nitrogen and oxygen atoms in total. The van der Waals surface area contributed by atoms with E-state index in [0.717, 1.165) is 38.9 Å². The van der Waals surface area contributed by atoms with Crippen LogP contribution in [0.1, 0.15) is 37.3 Å². The van der Waals surface area contributed by atoms with Gasteiger partial charge in [-0.15, -0.1) is 0 Å². The van der Waals surface area contributed by atoms with Crippen LogP contribution in [0.4, 0.5) is 0 Å². The van der Waals surface area contributed by atoms with Gasteiger partial charge in [0.1, 0.15) is 0 Å². The second kappa shape index (κ2) is 7.07. The quantitative estimate of drug-likeness (QED) is 0.837. The first kappa shape index (κ1) is 15.8. The van der Waals surface area contributed by atoms with Crippen LogP contribution in [0.3, 0.4) is 0 Å². The highest BCUT2D eigenvalue weighted by Crippen LogP contribution is 2.33. The third-order valence-corrected chi connectivity index (χ3v) is 6.00. The fourth-order valence-electron chi connectivity index (χ4n) is 4.08. The van der Waals surface area contributed by atoms with Gasteiger partial charge in [-0.1, -0.05) is 0 Å². The van der Waals surface area contributed by atoms with Crippen molar-refractivity contribution in [3.63, 3.8) is 0 Å². The number of carbonyl (C=O) groups is 1. The summed E-state index contributed by atoms with van der Waals surface area (Å²) >= 11 is 1.72. The van der Waals surface area contributed by atoms with Crippen molar-refractivity contribution in [3.05, 3.63) is 40.8 Å². The Hall–Kier alpha value is -1.66. The van der Waals surface area contributed by atoms with Gasteiger partial charge >= 0.3 is 0 Å². The van der Waals surface area contributed by atoms with E-state index in [4.69, 9.17) is 0 Å². The fourth-order valence-corrected chi connectivity index (χ4v) is 4.78. The zero-order chi connectivity index (χ0) is 16.4. The number of thiophene rings is 1. The van der Waals surface area contributed by atoms with Crippen LogP contribution >= 0.6 is 11.3 Å². The largest absolute Gasteiger partial charge is 0.335 e. The van der Waals surface area contributed by atoms with E-state index in [-0.39, 0.29) is 11.9 Å². The lowest BCUT2D eigenvalue weighted by molar-refractivity contribution is -0.133.